The van der Waals surface area contributed by atoms with Gasteiger partial charge in [0, 0.05) is 16.9 Å². The highest BCUT2D eigenvalue weighted by atomic mass is 127. The zero-order valence-corrected chi connectivity index (χ0v) is 11.2. The molecule has 2 aromatic heterocycles. The Labute approximate surface area is 104 Å². The molecule has 0 aliphatic heterocycles. The molecule has 0 N–H and O–H groups in total. The first-order chi connectivity index (χ1) is 6.66. The average Bonchev–Trinajstić information content (AvgIpc) is 2.51. The number of nitrogens with zero attached hydrogens (tertiary/aromatic N) is 3. The number of rotatable bonds is 1. The maximum Gasteiger partial charge on any atom is 0.156 e. The molecule has 0 saturated carbocycles. The summed E-state index contributed by atoms with van der Waals surface area (Å²) in [6.45, 7) is 2.02. The monoisotopic (exact) mass is 363 g/mol. The number of hydrogen-bond acceptors (Lipinski definition) is 2. The lowest BCUT2D eigenvalue weighted by Gasteiger charge is -2.03. The van der Waals surface area contributed by atoms with E-state index in [1.807, 2.05) is 25.4 Å². The molecule has 0 aliphatic carbocycles. The van der Waals surface area contributed by atoms with Crippen molar-refractivity contribution < 1.29 is 0 Å². The lowest BCUT2D eigenvalue weighted by Crippen LogP contribution is -2.00. The van der Waals surface area contributed by atoms with Crippen molar-refractivity contribution in [3.8, 4) is 5.82 Å². The molecule has 3 nitrogen and oxygen atoms in total. The maximum absolute atomic E-state index is 4.31. The van der Waals surface area contributed by atoms with Crippen LogP contribution in [0.3, 0.4) is 0 Å². The highest BCUT2D eigenvalue weighted by Crippen LogP contribution is 2.16. The molecule has 0 spiro atoms. The van der Waals surface area contributed by atoms with E-state index >= 15 is 0 Å². The van der Waals surface area contributed by atoms with E-state index in [-0.39, 0.29) is 0 Å². The molecule has 0 aliphatic rings. The van der Waals surface area contributed by atoms with Crippen molar-refractivity contribution in [1.82, 2.24) is 14.8 Å². The Hall–Kier alpha value is -0.430. The van der Waals surface area contributed by atoms with Gasteiger partial charge < -0.3 is 0 Å². The second-order valence-corrected chi connectivity index (χ2v) is 5.06. The fourth-order valence-corrected chi connectivity index (χ4v) is 2.02. The highest BCUT2D eigenvalue weighted by Gasteiger charge is 2.04. The molecule has 0 radical (unpaired) electrons. The fourth-order valence-electron chi connectivity index (χ4n) is 1.19. The van der Waals surface area contributed by atoms with Crippen LogP contribution in [0.2, 0.25) is 0 Å². The normalized spacial score (nSPS) is 10.5. The van der Waals surface area contributed by atoms with Crippen molar-refractivity contribution in [3.63, 3.8) is 0 Å². The molecule has 2 rings (SSSR count). The topological polar surface area (TPSA) is 30.7 Å². The van der Waals surface area contributed by atoms with Gasteiger partial charge in [0.15, 0.2) is 5.82 Å². The number of hydrogen-bond donors (Lipinski definition) is 0. The first-order valence-electron chi connectivity index (χ1n) is 3.99. The number of aromatic nitrogens is 3. The van der Waals surface area contributed by atoms with E-state index in [0.717, 1.165) is 19.4 Å². The van der Waals surface area contributed by atoms with Crippen molar-refractivity contribution in [2.24, 2.45) is 0 Å². The summed E-state index contributed by atoms with van der Waals surface area (Å²) in [7, 11) is 0. The van der Waals surface area contributed by atoms with Gasteiger partial charge in [-0.3, -0.25) is 0 Å². The molecular formula is C9H7BrIN3. The minimum absolute atomic E-state index is 0.871. The van der Waals surface area contributed by atoms with Gasteiger partial charge in [-0.15, -0.1) is 0 Å². The zero-order valence-electron chi connectivity index (χ0n) is 7.41. The van der Waals surface area contributed by atoms with Gasteiger partial charge in [0.1, 0.15) is 0 Å². The van der Waals surface area contributed by atoms with Crippen LogP contribution in [-0.2, 0) is 0 Å². The standard InChI is InChI=1S/C9H7BrIN3/c1-6-2-7(10)3-12-9(6)14-5-8(11)4-13-14/h2-5H,1H3. The predicted molar refractivity (Wildman–Crippen MR) is 66.5 cm³/mol. The van der Waals surface area contributed by atoms with Crippen LogP contribution >= 0.6 is 38.5 Å². The van der Waals surface area contributed by atoms with E-state index < -0.39 is 0 Å². The van der Waals surface area contributed by atoms with Crippen molar-refractivity contribution in [2.45, 2.75) is 6.92 Å². The third kappa shape index (κ3) is 1.98. The summed E-state index contributed by atoms with van der Waals surface area (Å²) in [5.41, 5.74) is 1.10. The summed E-state index contributed by atoms with van der Waals surface area (Å²) in [4.78, 5) is 4.31. The molecule has 2 aromatic rings. The van der Waals surface area contributed by atoms with Crippen molar-refractivity contribution in [1.29, 1.82) is 0 Å². The van der Waals surface area contributed by atoms with Crippen LogP contribution < -0.4 is 0 Å². The van der Waals surface area contributed by atoms with Gasteiger partial charge in [-0.1, -0.05) is 0 Å². The Bertz CT molecular complexity index is 467. The van der Waals surface area contributed by atoms with E-state index in [9.17, 15) is 0 Å². The second kappa shape index (κ2) is 3.98. The Kier molecular flexibility index (Phi) is 2.87. The van der Waals surface area contributed by atoms with Gasteiger partial charge in [0.2, 0.25) is 0 Å². The van der Waals surface area contributed by atoms with Gasteiger partial charge in [0.05, 0.1) is 9.77 Å². The summed E-state index contributed by atoms with van der Waals surface area (Å²) in [6.07, 6.45) is 5.53. The molecule has 0 aromatic carbocycles. The minimum Gasteiger partial charge on any atom is -0.236 e. The second-order valence-electron chi connectivity index (χ2n) is 2.90. The molecular weight excluding hydrogens is 357 g/mol. The molecule has 2 heterocycles. The van der Waals surface area contributed by atoms with Gasteiger partial charge >= 0.3 is 0 Å². The zero-order chi connectivity index (χ0) is 10.1. The molecule has 5 heteroatoms. The quantitative estimate of drug-likeness (QED) is 0.729. The Balaban J connectivity index is 2.52. The highest BCUT2D eigenvalue weighted by molar-refractivity contribution is 14.1. The van der Waals surface area contributed by atoms with E-state index in [0.29, 0.717) is 0 Å². The fraction of sp³-hybridized carbons (Fsp3) is 0.111. The van der Waals surface area contributed by atoms with E-state index in [1.54, 1.807) is 10.9 Å². The smallest absolute Gasteiger partial charge is 0.156 e. The Morgan fingerprint density at radius 1 is 1.43 bits per heavy atom. The van der Waals surface area contributed by atoms with E-state index in [4.69, 9.17) is 0 Å². The Morgan fingerprint density at radius 2 is 2.21 bits per heavy atom. The summed E-state index contributed by atoms with van der Waals surface area (Å²) in [5, 5.41) is 4.21. The summed E-state index contributed by atoms with van der Waals surface area (Å²) in [6, 6.07) is 2.02. The SMILES string of the molecule is Cc1cc(Br)cnc1-n1cc(I)cn1. The molecule has 0 unspecified atom stereocenters. The molecule has 0 atom stereocenters. The largest absolute Gasteiger partial charge is 0.236 e. The maximum atomic E-state index is 4.31. The van der Waals surface area contributed by atoms with Crippen LogP contribution in [0.25, 0.3) is 5.82 Å². The van der Waals surface area contributed by atoms with Gasteiger partial charge in [0.25, 0.3) is 0 Å². The van der Waals surface area contributed by atoms with Crippen LogP contribution in [0, 0.1) is 10.5 Å². The number of aryl methyl sites for hydroxylation is 1. The lowest BCUT2D eigenvalue weighted by molar-refractivity contribution is 0.837. The van der Waals surface area contributed by atoms with Gasteiger partial charge in [-0.25, -0.2) is 9.67 Å². The molecule has 0 bridgehead atoms. The van der Waals surface area contributed by atoms with Gasteiger partial charge in [-0.05, 0) is 57.1 Å². The Morgan fingerprint density at radius 3 is 2.79 bits per heavy atom. The van der Waals surface area contributed by atoms with E-state index in [1.165, 1.54) is 0 Å². The van der Waals surface area contributed by atoms with Crippen molar-refractivity contribution in [2.75, 3.05) is 0 Å². The summed E-state index contributed by atoms with van der Waals surface area (Å²) < 4.78 is 3.87. The lowest BCUT2D eigenvalue weighted by atomic mass is 10.3. The summed E-state index contributed by atoms with van der Waals surface area (Å²) >= 11 is 5.61. The van der Waals surface area contributed by atoms with Crippen LogP contribution in [-0.4, -0.2) is 14.8 Å². The van der Waals surface area contributed by atoms with Crippen molar-refractivity contribution >= 4 is 38.5 Å². The van der Waals surface area contributed by atoms with E-state index in [2.05, 4.69) is 48.6 Å². The van der Waals surface area contributed by atoms with Crippen LogP contribution in [0.5, 0.6) is 0 Å². The molecule has 72 valence electrons. The van der Waals surface area contributed by atoms with Crippen LogP contribution in [0.15, 0.2) is 29.1 Å². The van der Waals surface area contributed by atoms with Crippen LogP contribution in [0.4, 0.5) is 0 Å². The van der Waals surface area contributed by atoms with Gasteiger partial charge in [-0.2, -0.15) is 5.10 Å². The molecule has 0 fully saturated rings. The first-order valence-corrected chi connectivity index (χ1v) is 5.86. The first kappa shape index (κ1) is 10.1. The number of halogens is 2. The molecule has 14 heavy (non-hydrogen) atoms. The minimum atomic E-state index is 0.871. The van der Waals surface area contributed by atoms with Crippen LogP contribution in [0.1, 0.15) is 5.56 Å². The third-order valence-corrected chi connectivity index (χ3v) is 2.78. The molecule has 0 saturated heterocycles. The third-order valence-electron chi connectivity index (χ3n) is 1.79. The molecule has 0 amide bonds. The van der Waals surface area contributed by atoms with Crippen molar-refractivity contribution in [3.05, 3.63) is 38.3 Å². The number of pyridine rings is 1. The average molecular weight is 364 g/mol. The summed E-state index contributed by atoms with van der Waals surface area (Å²) in [5.74, 6) is 0.871. The predicted octanol–water partition coefficient (Wildman–Crippen LogP) is 2.94.